The molecular weight excluding hydrogens is 256 g/mol. The summed E-state index contributed by atoms with van der Waals surface area (Å²) in [6.07, 6.45) is 7.21. The quantitative estimate of drug-likeness (QED) is 0.850. The van der Waals surface area contributed by atoms with Crippen LogP contribution in [-0.4, -0.2) is 10.9 Å². The van der Waals surface area contributed by atoms with Gasteiger partial charge in [0.1, 0.15) is 5.69 Å². The van der Waals surface area contributed by atoms with Gasteiger partial charge in [0, 0.05) is 5.38 Å². The Morgan fingerprint density at radius 1 is 1.47 bits per heavy atom. The predicted octanol–water partition coefficient (Wildman–Crippen LogP) is 2.54. The summed E-state index contributed by atoms with van der Waals surface area (Å²) in [5.74, 6) is 2.29. The van der Waals surface area contributed by atoms with E-state index in [-0.39, 0.29) is 11.9 Å². The van der Waals surface area contributed by atoms with E-state index < -0.39 is 0 Å². The van der Waals surface area contributed by atoms with E-state index in [0.29, 0.717) is 10.7 Å². The molecule has 4 heteroatoms. The first-order valence-electron chi connectivity index (χ1n) is 6.09. The number of rotatable bonds is 2. The highest BCUT2D eigenvalue weighted by Gasteiger charge is 2.24. The van der Waals surface area contributed by atoms with Gasteiger partial charge >= 0.3 is 0 Å². The molecule has 3 nitrogen and oxygen atoms in total. The van der Waals surface area contributed by atoms with Gasteiger partial charge < -0.3 is 5.32 Å². The highest BCUT2D eigenvalue weighted by Crippen LogP contribution is 2.30. The number of thiazole rings is 1. The molecule has 19 heavy (non-hydrogen) atoms. The maximum Gasteiger partial charge on any atom is 0.271 e. The second-order valence-electron chi connectivity index (χ2n) is 4.45. The lowest BCUT2D eigenvalue weighted by Gasteiger charge is -2.12. The Hall–Kier alpha value is -2.12. The summed E-state index contributed by atoms with van der Waals surface area (Å²) in [6, 6.07) is 8.30. The summed E-state index contributed by atoms with van der Waals surface area (Å²) in [4.78, 5) is 16.2. The highest BCUT2D eigenvalue weighted by molar-refractivity contribution is 7.10. The lowest BCUT2D eigenvalue weighted by molar-refractivity contribution is 0.0932. The van der Waals surface area contributed by atoms with Crippen LogP contribution < -0.4 is 5.32 Å². The van der Waals surface area contributed by atoms with E-state index >= 15 is 0 Å². The van der Waals surface area contributed by atoms with Crippen LogP contribution in [0.4, 0.5) is 0 Å². The topological polar surface area (TPSA) is 42.0 Å². The third-order valence-corrected chi connectivity index (χ3v) is 4.07. The van der Waals surface area contributed by atoms with Crippen LogP contribution in [0.3, 0.4) is 0 Å². The molecule has 0 fully saturated rings. The van der Waals surface area contributed by atoms with Crippen LogP contribution in [-0.2, 0) is 6.42 Å². The fourth-order valence-electron chi connectivity index (χ4n) is 2.38. The number of amides is 1. The Morgan fingerprint density at radius 3 is 3.11 bits per heavy atom. The first kappa shape index (κ1) is 11.9. The average Bonchev–Trinajstić information content (AvgIpc) is 3.06. The van der Waals surface area contributed by atoms with Gasteiger partial charge in [0.15, 0.2) is 5.01 Å². The van der Waals surface area contributed by atoms with Crippen LogP contribution in [0.15, 0.2) is 29.6 Å². The fraction of sp³-hybridized carbons (Fsp3) is 0.200. The van der Waals surface area contributed by atoms with Crippen molar-refractivity contribution in [2.45, 2.75) is 18.9 Å². The van der Waals surface area contributed by atoms with Gasteiger partial charge in [-0.2, -0.15) is 0 Å². The third kappa shape index (κ3) is 2.25. The van der Waals surface area contributed by atoms with E-state index in [1.807, 2.05) is 12.1 Å². The number of benzene rings is 1. The second-order valence-corrected chi connectivity index (χ2v) is 5.30. The van der Waals surface area contributed by atoms with Gasteiger partial charge in [0.05, 0.1) is 6.04 Å². The lowest BCUT2D eigenvalue weighted by Crippen LogP contribution is -2.27. The number of hydrogen-bond acceptors (Lipinski definition) is 3. The first-order valence-corrected chi connectivity index (χ1v) is 6.96. The maximum atomic E-state index is 12.1. The molecule has 0 aliphatic heterocycles. The molecular formula is C15H12N2OS. The molecule has 1 heterocycles. The Labute approximate surface area is 115 Å². The molecule has 0 saturated heterocycles. The normalized spacial score (nSPS) is 16.7. The molecule has 2 aromatic rings. The summed E-state index contributed by atoms with van der Waals surface area (Å²) in [7, 11) is 0. The zero-order valence-electron chi connectivity index (χ0n) is 10.2. The summed E-state index contributed by atoms with van der Waals surface area (Å²) in [5.41, 5.74) is 2.93. The summed E-state index contributed by atoms with van der Waals surface area (Å²) in [6.45, 7) is 0. The van der Waals surface area contributed by atoms with Crippen molar-refractivity contribution in [3.8, 4) is 12.3 Å². The second kappa shape index (κ2) is 4.87. The molecule has 0 unspecified atom stereocenters. The molecule has 0 bridgehead atoms. The molecule has 1 amide bonds. The largest absolute Gasteiger partial charge is 0.344 e. The van der Waals surface area contributed by atoms with Crippen LogP contribution in [0.25, 0.3) is 0 Å². The molecule has 0 saturated carbocycles. The molecule has 1 atom stereocenters. The molecule has 0 spiro atoms. The molecule has 1 aliphatic rings. The summed E-state index contributed by atoms with van der Waals surface area (Å²) < 4.78 is 0. The number of carbonyl (C=O) groups excluding carboxylic acids is 1. The number of hydrogen-bond donors (Lipinski definition) is 1. The van der Waals surface area contributed by atoms with E-state index in [1.165, 1.54) is 22.5 Å². The molecule has 94 valence electrons. The van der Waals surface area contributed by atoms with E-state index in [9.17, 15) is 4.79 Å². The smallest absolute Gasteiger partial charge is 0.271 e. The van der Waals surface area contributed by atoms with Crippen molar-refractivity contribution in [2.24, 2.45) is 0 Å². The molecule has 1 aromatic heterocycles. The van der Waals surface area contributed by atoms with Gasteiger partial charge in [-0.05, 0) is 29.9 Å². The monoisotopic (exact) mass is 268 g/mol. The number of aromatic nitrogens is 1. The van der Waals surface area contributed by atoms with E-state index in [4.69, 9.17) is 6.42 Å². The average molecular weight is 268 g/mol. The molecule has 1 N–H and O–H groups in total. The number of nitrogens with one attached hydrogen (secondary N) is 1. The van der Waals surface area contributed by atoms with Gasteiger partial charge in [-0.15, -0.1) is 17.8 Å². The molecule has 1 aliphatic carbocycles. The van der Waals surface area contributed by atoms with E-state index in [2.05, 4.69) is 28.4 Å². The maximum absolute atomic E-state index is 12.1. The van der Waals surface area contributed by atoms with Crippen LogP contribution in [0, 0.1) is 12.3 Å². The molecule has 3 rings (SSSR count). The molecule has 0 radical (unpaired) electrons. The predicted molar refractivity (Wildman–Crippen MR) is 75.0 cm³/mol. The number of carbonyl (C=O) groups is 1. The fourth-order valence-corrected chi connectivity index (χ4v) is 2.99. The number of nitrogens with zero attached hydrogens (tertiary/aromatic N) is 1. The van der Waals surface area contributed by atoms with Crippen molar-refractivity contribution in [3.63, 3.8) is 0 Å². The first-order chi connectivity index (χ1) is 9.28. The standard InChI is InChI=1S/C15H12N2OS/c1-2-14-16-13(9-19-14)15(18)17-12-8-7-10-5-3-4-6-11(10)12/h1,3-6,9,12H,7-8H2,(H,17,18)/t12-/m1/s1. The number of terminal acetylenes is 1. The minimum Gasteiger partial charge on any atom is -0.344 e. The van der Waals surface area contributed by atoms with Crippen molar-refractivity contribution in [3.05, 3.63) is 51.5 Å². The Kier molecular flexibility index (Phi) is 3.06. The number of aryl methyl sites for hydroxylation is 1. The van der Waals surface area contributed by atoms with Crippen molar-refractivity contribution in [1.82, 2.24) is 10.3 Å². The zero-order chi connectivity index (χ0) is 13.2. The van der Waals surface area contributed by atoms with Crippen LogP contribution in [0.1, 0.15) is 39.1 Å². The Bertz CT molecular complexity index is 669. The van der Waals surface area contributed by atoms with Crippen LogP contribution in [0.5, 0.6) is 0 Å². The van der Waals surface area contributed by atoms with E-state index in [1.54, 1.807) is 5.38 Å². The van der Waals surface area contributed by atoms with Gasteiger partial charge in [-0.25, -0.2) is 4.98 Å². The van der Waals surface area contributed by atoms with Gasteiger partial charge in [-0.3, -0.25) is 4.79 Å². The SMILES string of the molecule is C#Cc1nc(C(=O)N[C@@H]2CCc3ccccc32)cs1. The van der Waals surface area contributed by atoms with Gasteiger partial charge in [0.25, 0.3) is 5.91 Å². The van der Waals surface area contributed by atoms with E-state index in [0.717, 1.165) is 12.8 Å². The van der Waals surface area contributed by atoms with Crippen LogP contribution in [0.2, 0.25) is 0 Å². The van der Waals surface area contributed by atoms with Gasteiger partial charge in [0.2, 0.25) is 0 Å². The Balaban J connectivity index is 1.76. The van der Waals surface area contributed by atoms with Crippen LogP contribution >= 0.6 is 11.3 Å². The zero-order valence-corrected chi connectivity index (χ0v) is 11.0. The third-order valence-electron chi connectivity index (χ3n) is 3.30. The lowest BCUT2D eigenvalue weighted by atomic mass is 10.1. The Morgan fingerprint density at radius 2 is 2.32 bits per heavy atom. The van der Waals surface area contributed by atoms with Gasteiger partial charge in [-0.1, -0.05) is 24.3 Å². The molecule has 1 aromatic carbocycles. The van der Waals surface area contributed by atoms with Crippen molar-refractivity contribution >= 4 is 17.2 Å². The van der Waals surface area contributed by atoms with Crippen molar-refractivity contribution in [2.75, 3.05) is 0 Å². The van der Waals surface area contributed by atoms with Crippen molar-refractivity contribution < 1.29 is 4.79 Å². The minimum atomic E-state index is -0.153. The van der Waals surface area contributed by atoms with Crippen molar-refractivity contribution in [1.29, 1.82) is 0 Å². The minimum absolute atomic E-state index is 0.0830. The summed E-state index contributed by atoms with van der Waals surface area (Å²) in [5, 5.41) is 5.26. The summed E-state index contributed by atoms with van der Waals surface area (Å²) >= 11 is 1.31. The number of fused-ring (bicyclic) bond motifs is 1. The highest BCUT2D eigenvalue weighted by atomic mass is 32.1.